The summed E-state index contributed by atoms with van der Waals surface area (Å²) in [4.78, 5) is 21.6. The SMILES string of the molecule is Nc1nc(N2CC(CS)CC2=O)c2c(F)cccc2n1. The fraction of sp³-hybridized carbons (Fsp3) is 0.308. The van der Waals surface area contributed by atoms with Gasteiger partial charge in [-0.25, -0.2) is 9.37 Å². The lowest BCUT2D eigenvalue weighted by Crippen LogP contribution is -2.26. The zero-order valence-corrected chi connectivity index (χ0v) is 11.5. The van der Waals surface area contributed by atoms with Gasteiger partial charge >= 0.3 is 0 Å². The molecule has 1 aromatic heterocycles. The number of amides is 1. The Kier molecular flexibility index (Phi) is 3.21. The van der Waals surface area contributed by atoms with Crippen LogP contribution in [0.15, 0.2) is 18.2 Å². The van der Waals surface area contributed by atoms with Crippen LogP contribution in [0.3, 0.4) is 0 Å². The average molecular weight is 292 g/mol. The van der Waals surface area contributed by atoms with E-state index in [0.717, 1.165) is 0 Å². The summed E-state index contributed by atoms with van der Waals surface area (Å²) in [5.41, 5.74) is 6.06. The van der Waals surface area contributed by atoms with Crippen molar-refractivity contribution in [3.8, 4) is 0 Å². The maximum Gasteiger partial charge on any atom is 0.228 e. The van der Waals surface area contributed by atoms with Crippen molar-refractivity contribution in [1.82, 2.24) is 9.97 Å². The summed E-state index contributed by atoms with van der Waals surface area (Å²) in [5.74, 6) is 0.471. The standard InChI is InChI=1S/C13H13FN4OS/c14-8-2-1-3-9-11(8)12(17-13(15)16-9)18-5-7(6-20)4-10(18)19/h1-3,7,20H,4-6H2,(H2,15,16,17). The average Bonchev–Trinajstić information content (AvgIpc) is 2.79. The molecule has 0 aliphatic carbocycles. The first-order valence-corrected chi connectivity index (χ1v) is 6.86. The molecule has 1 saturated heterocycles. The lowest BCUT2D eigenvalue weighted by Gasteiger charge is -2.18. The van der Waals surface area contributed by atoms with E-state index in [1.807, 2.05) is 0 Å². The van der Waals surface area contributed by atoms with E-state index in [9.17, 15) is 9.18 Å². The first-order chi connectivity index (χ1) is 9.60. The van der Waals surface area contributed by atoms with E-state index in [1.54, 1.807) is 12.1 Å². The minimum absolute atomic E-state index is 0.0280. The summed E-state index contributed by atoms with van der Waals surface area (Å²) in [7, 11) is 0. The highest BCUT2D eigenvalue weighted by atomic mass is 32.1. The van der Waals surface area contributed by atoms with Gasteiger partial charge < -0.3 is 5.73 Å². The van der Waals surface area contributed by atoms with Crippen molar-refractivity contribution >= 4 is 41.2 Å². The minimum Gasteiger partial charge on any atom is -0.368 e. The highest BCUT2D eigenvalue weighted by molar-refractivity contribution is 7.80. The van der Waals surface area contributed by atoms with Gasteiger partial charge in [0.2, 0.25) is 11.9 Å². The summed E-state index contributed by atoms with van der Waals surface area (Å²) < 4.78 is 14.1. The van der Waals surface area contributed by atoms with Crippen molar-refractivity contribution in [1.29, 1.82) is 0 Å². The van der Waals surface area contributed by atoms with Crippen LogP contribution < -0.4 is 10.6 Å². The number of nitrogens with zero attached hydrogens (tertiary/aromatic N) is 3. The first-order valence-electron chi connectivity index (χ1n) is 6.23. The Morgan fingerprint density at radius 3 is 2.95 bits per heavy atom. The number of fused-ring (bicyclic) bond motifs is 1. The third kappa shape index (κ3) is 2.07. The summed E-state index contributed by atoms with van der Waals surface area (Å²) in [6.07, 6.45) is 0.392. The number of anilines is 2. The van der Waals surface area contributed by atoms with E-state index in [-0.39, 0.29) is 29.0 Å². The Labute approximate surface area is 120 Å². The molecule has 104 valence electrons. The van der Waals surface area contributed by atoms with Crippen LogP contribution in [0.2, 0.25) is 0 Å². The van der Waals surface area contributed by atoms with Gasteiger partial charge in [0.15, 0.2) is 5.82 Å². The molecule has 7 heteroatoms. The zero-order valence-electron chi connectivity index (χ0n) is 10.6. The number of hydrogen-bond acceptors (Lipinski definition) is 5. The number of nitrogens with two attached hydrogens (primary N) is 1. The van der Waals surface area contributed by atoms with Crippen molar-refractivity contribution in [3.05, 3.63) is 24.0 Å². The van der Waals surface area contributed by atoms with Gasteiger partial charge in [0, 0.05) is 13.0 Å². The van der Waals surface area contributed by atoms with Crippen molar-refractivity contribution in [3.63, 3.8) is 0 Å². The van der Waals surface area contributed by atoms with Crippen LogP contribution >= 0.6 is 12.6 Å². The number of rotatable bonds is 2. The highest BCUT2D eigenvalue weighted by Gasteiger charge is 2.32. The third-order valence-corrected chi connectivity index (χ3v) is 3.91. The van der Waals surface area contributed by atoms with Gasteiger partial charge in [0.1, 0.15) is 5.82 Å². The Morgan fingerprint density at radius 1 is 1.45 bits per heavy atom. The molecular formula is C13H13FN4OS. The van der Waals surface area contributed by atoms with E-state index >= 15 is 0 Å². The number of aromatic nitrogens is 2. The zero-order chi connectivity index (χ0) is 14.3. The molecular weight excluding hydrogens is 279 g/mol. The van der Waals surface area contributed by atoms with Gasteiger partial charge in [-0.3, -0.25) is 9.69 Å². The number of benzene rings is 1. The number of halogens is 1. The smallest absolute Gasteiger partial charge is 0.228 e. The van der Waals surface area contributed by atoms with E-state index < -0.39 is 5.82 Å². The van der Waals surface area contributed by atoms with Crippen LogP contribution in [0.25, 0.3) is 10.9 Å². The van der Waals surface area contributed by atoms with Crippen LogP contribution in [-0.2, 0) is 4.79 Å². The number of carbonyl (C=O) groups excluding carboxylic acids is 1. The van der Waals surface area contributed by atoms with Crippen molar-refractivity contribution < 1.29 is 9.18 Å². The van der Waals surface area contributed by atoms with Crippen LogP contribution in [0.4, 0.5) is 16.2 Å². The molecule has 1 amide bonds. The second kappa shape index (κ2) is 4.90. The van der Waals surface area contributed by atoms with Crippen molar-refractivity contribution in [2.75, 3.05) is 22.9 Å². The lowest BCUT2D eigenvalue weighted by molar-refractivity contribution is -0.117. The van der Waals surface area contributed by atoms with Crippen LogP contribution in [0, 0.1) is 11.7 Å². The maximum absolute atomic E-state index is 14.1. The second-order valence-electron chi connectivity index (χ2n) is 4.80. The topological polar surface area (TPSA) is 72.1 Å². The van der Waals surface area contributed by atoms with Gasteiger partial charge in [-0.2, -0.15) is 17.6 Å². The Morgan fingerprint density at radius 2 is 2.25 bits per heavy atom. The largest absolute Gasteiger partial charge is 0.368 e. The monoisotopic (exact) mass is 292 g/mol. The van der Waals surface area contributed by atoms with Gasteiger partial charge in [-0.05, 0) is 23.8 Å². The summed E-state index contributed by atoms with van der Waals surface area (Å²) in [6.45, 7) is 0.474. The molecule has 1 aliphatic rings. The molecule has 20 heavy (non-hydrogen) atoms. The molecule has 2 aromatic rings. The molecule has 5 nitrogen and oxygen atoms in total. The molecule has 1 atom stereocenters. The van der Waals surface area contributed by atoms with Crippen molar-refractivity contribution in [2.24, 2.45) is 5.92 Å². The Bertz CT molecular complexity index is 693. The number of hydrogen-bond donors (Lipinski definition) is 2. The third-order valence-electron chi connectivity index (χ3n) is 3.39. The fourth-order valence-corrected chi connectivity index (χ4v) is 2.69. The van der Waals surface area contributed by atoms with E-state index in [2.05, 4.69) is 22.6 Å². The second-order valence-corrected chi connectivity index (χ2v) is 5.16. The Hall–Kier alpha value is -1.89. The molecule has 0 radical (unpaired) electrons. The van der Waals surface area contributed by atoms with Crippen LogP contribution in [0.5, 0.6) is 0 Å². The molecule has 0 spiro atoms. The molecule has 0 bridgehead atoms. The quantitative estimate of drug-likeness (QED) is 0.825. The van der Waals surface area contributed by atoms with Gasteiger partial charge in [-0.15, -0.1) is 0 Å². The molecule has 0 saturated carbocycles. The highest BCUT2D eigenvalue weighted by Crippen LogP contribution is 2.31. The molecule has 2 heterocycles. The Balaban J connectivity index is 2.18. The fourth-order valence-electron chi connectivity index (χ4n) is 2.44. The minimum atomic E-state index is -0.459. The number of nitrogen functional groups attached to an aromatic ring is 1. The van der Waals surface area contributed by atoms with Gasteiger partial charge in [0.25, 0.3) is 0 Å². The maximum atomic E-state index is 14.1. The van der Waals surface area contributed by atoms with Crippen molar-refractivity contribution in [2.45, 2.75) is 6.42 Å². The summed E-state index contributed by atoms with van der Waals surface area (Å²) in [5, 5.41) is 0.231. The normalized spacial score (nSPS) is 19.0. The summed E-state index contributed by atoms with van der Waals surface area (Å²) in [6, 6.07) is 4.52. The van der Waals surface area contributed by atoms with Crippen LogP contribution in [0.1, 0.15) is 6.42 Å². The first kappa shape index (κ1) is 13.1. The molecule has 1 fully saturated rings. The van der Waals surface area contributed by atoms with E-state index in [4.69, 9.17) is 5.73 Å². The predicted molar refractivity (Wildman–Crippen MR) is 78.2 cm³/mol. The van der Waals surface area contributed by atoms with Crippen LogP contribution in [-0.4, -0.2) is 28.2 Å². The van der Waals surface area contributed by atoms with Gasteiger partial charge in [0.05, 0.1) is 10.9 Å². The van der Waals surface area contributed by atoms with E-state index in [1.165, 1.54) is 11.0 Å². The summed E-state index contributed by atoms with van der Waals surface area (Å²) >= 11 is 4.21. The molecule has 1 unspecified atom stereocenters. The number of carbonyl (C=O) groups is 1. The predicted octanol–water partition coefficient (Wildman–Crippen LogP) is 1.63. The number of thiol groups is 1. The molecule has 1 aromatic carbocycles. The van der Waals surface area contributed by atoms with Gasteiger partial charge in [-0.1, -0.05) is 6.07 Å². The molecule has 2 N–H and O–H groups in total. The van der Waals surface area contributed by atoms with E-state index in [0.29, 0.717) is 24.2 Å². The molecule has 1 aliphatic heterocycles. The lowest BCUT2D eigenvalue weighted by atomic mass is 10.1. The molecule has 3 rings (SSSR count).